The quantitative estimate of drug-likeness (QED) is 0.582. The average Bonchev–Trinajstić information content (AvgIpc) is 2.76. The van der Waals surface area contributed by atoms with E-state index in [0.29, 0.717) is 12.2 Å². The van der Waals surface area contributed by atoms with Crippen LogP contribution in [0.1, 0.15) is 23.8 Å². The molecule has 0 fully saturated rings. The van der Waals surface area contributed by atoms with Gasteiger partial charge < -0.3 is 20.3 Å². The summed E-state index contributed by atoms with van der Waals surface area (Å²) in [5.74, 6) is -1.20. The van der Waals surface area contributed by atoms with Crippen molar-refractivity contribution in [3.8, 4) is 0 Å². The summed E-state index contributed by atoms with van der Waals surface area (Å²) in [5.41, 5.74) is 0.376. The van der Waals surface area contributed by atoms with Crippen molar-refractivity contribution >= 4 is 11.9 Å². The lowest BCUT2D eigenvalue weighted by Crippen LogP contribution is -2.29. The molecule has 1 heterocycles. The van der Waals surface area contributed by atoms with Gasteiger partial charge in [0.15, 0.2) is 0 Å². The zero-order chi connectivity index (χ0) is 13.4. The number of aliphatic carboxylic acids is 1. The van der Waals surface area contributed by atoms with Gasteiger partial charge in [0, 0.05) is 12.7 Å². The van der Waals surface area contributed by atoms with Gasteiger partial charge in [0.05, 0.1) is 0 Å². The van der Waals surface area contributed by atoms with E-state index in [1.807, 2.05) is 6.92 Å². The molecule has 0 aromatic carbocycles. The Labute approximate surface area is 106 Å². The molecular formula is C12H19N3O3. The molecule has 0 saturated carbocycles. The Bertz CT molecular complexity index is 401. The molecule has 0 aliphatic rings. The standard InChI is InChI=1S/C12H19N3O3/c1-2-13-6-4-7-14-12(18)10-5-3-8-15(10)9-11(16)17/h3,5,8,13H,2,4,6-7,9H2,1H3,(H,14,18)(H,16,17). The minimum atomic E-state index is -0.965. The van der Waals surface area contributed by atoms with Gasteiger partial charge in [-0.1, -0.05) is 6.92 Å². The van der Waals surface area contributed by atoms with Crippen molar-refractivity contribution in [2.45, 2.75) is 19.9 Å². The predicted octanol–water partition coefficient (Wildman–Crippen LogP) is 0.302. The maximum atomic E-state index is 11.8. The number of carbonyl (C=O) groups is 2. The Balaban J connectivity index is 2.41. The second kappa shape index (κ2) is 7.50. The Morgan fingerprint density at radius 2 is 2.17 bits per heavy atom. The number of carbonyl (C=O) groups excluding carboxylic acids is 1. The van der Waals surface area contributed by atoms with Crippen LogP contribution in [-0.4, -0.2) is 41.2 Å². The number of carboxylic acids is 1. The molecule has 0 saturated heterocycles. The van der Waals surface area contributed by atoms with E-state index in [0.717, 1.165) is 19.5 Å². The summed E-state index contributed by atoms with van der Waals surface area (Å²) in [4.78, 5) is 22.4. The van der Waals surface area contributed by atoms with E-state index < -0.39 is 5.97 Å². The van der Waals surface area contributed by atoms with Crippen LogP contribution in [0.25, 0.3) is 0 Å². The highest BCUT2D eigenvalue weighted by molar-refractivity contribution is 5.93. The number of hydrogen-bond donors (Lipinski definition) is 3. The molecule has 6 heteroatoms. The van der Waals surface area contributed by atoms with Crippen LogP contribution in [0, 0.1) is 0 Å². The monoisotopic (exact) mass is 253 g/mol. The number of amides is 1. The maximum Gasteiger partial charge on any atom is 0.323 e. The van der Waals surface area contributed by atoms with E-state index in [2.05, 4.69) is 10.6 Å². The van der Waals surface area contributed by atoms with Gasteiger partial charge in [0.2, 0.25) is 0 Å². The van der Waals surface area contributed by atoms with E-state index in [9.17, 15) is 9.59 Å². The molecule has 1 aromatic heterocycles. The van der Waals surface area contributed by atoms with E-state index >= 15 is 0 Å². The Morgan fingerprint density at radius 1 is 1.39 bits per heavy atom. The maximum absolute atomic E-state index is 11.8. The summed E-state index contributed by atoms with van der Waals surface area (Å²) in [6.07, 6.45) is 2.43. The molecule has 0 spiro atoms. The smallest absolute Gasteiger partial charge is 0.323 e. The van der Waals surface area contributed by atoms with Gasteiger partial charge >= 0.3 is 5.97 Å². The predicted molar refractivity (Wildman–Crippen MR) is 67.6 cm³/mol. The summed E-state index contributed by atoms with van der Waals surface area (Å²) in [6, 6.07) is 3.28. The van der Waals surface area contributed by atoms with Crippen LogP contribution >= 0.6 is 0 Å². The van der Waals surface area contributed by atoms with Gasteiger partial charge in [-0.15, -0.1) is 0 Å². The lowest BCUT2D eigenvalue weighted by atomic mass is 10.3. The second-order valence-corrected chi connectivity index (χ2v) is 3.88. The molecule has 1 aromatic rings. The van der Waals surface area contributed by atoms with Crippen LogP contribution < -0.4 is 10.6 Å². The summed E-state index contributed by atoms with van der Waals surface area (Å²) in [5, 5.41) is 14.6. The van der Waals surface area contributed by atoms with Crippen molar-refractivity contribution < 1.29 is 14.7 Å². The third-order valence-electron chi connectivity index (χ3n) is 2.43. The highest BCUT2D eigenvalue weighted by Crippen LogP contribution is 2.02. The van der Waals surface area contributed by atoms with Crippen LogP contribution in [0.2, 0.25) is 0 Å². The molecule has 3 N–H and O–H groups in total. The molecule has 0 bridgehead atoms. The van der Waals surface area contributed by atoms with Crippen molar-refractivity contribution in [2.24, 2.45) is 0 Å². The largest absolute Gasteiger partial charge is 0.480 e. The van der Waals surface area contributed by atoms with Crippen molar-refractivity contribution in [2.75, 3.05) is 19.6 Å². The molecule has 0 radical (unpaired) electrons. The van der Waals surface area contributed by atoms with Crippen LogP contribution in [0.15, 0.2) is 18.3 Å². The number of nitrogens with one attached hydrogen (secondary N) is 2. The van der Waals surface area contributed by atoms with E-state index in [1.54, 1.807) is 18.3 Å². The number of aromatic nitrogens is 1. The number of nitrogens with zero attached hydrogens (tertiary/aromatic N) is 1. The fourth-order valence-corrected chi connectivity index (χ4v) is 1.59. The van der Waals surface area contributed by atoms with Crippen LogP contribution in [0.5, 0.6) is 0 Å². The number of rotatable bonds is 8. The Kier molecular flexibility index (Phi) is 5.93. The third kappa shape index (κ3) is 4.58. The summed E-state index contributed by atoms with van der Waals surface area (Å²) < 4.78 is 1.42. The minimum Gasteiger partial charge on any atom is -0.480 e. The molecule has 0 aliphatic carbocycles. The number of hydrogen-bond acceptors (Lipinski definition) is 3. The van der Waals surface area contributed by atoms with Crippen molar-refractivity contribution in [1.29, 1.82) is 0 Å². The van der Waals surface area contributed by atoms with E-state index in [1.165, 1.54) is 4.57 Å². The van der Waals surface area contributed by atoms with Gasteiger partial charge in [-0.3, -0.25) is 9.59 Å². The molecule has 0 atom stereocenters. The lowest BCUT2D eigenvalue weighted by molar-refractivity contribution is -0.137. The first kappa shape index (κ1) is 14.2. The first-order valence-corrected chi connectivity index (χ1v) is 6.01. The molecule has 1 rings (SSSR count). The Morgan fingerprint density at radius 3 is 2.83 bits per heavy atom. The molecule has 100 valence electrons. The van der Waals surface area contributed by atoms with E-state index in [-0.39, 0.29) is 12.5 Å². The molecule has 0 unspecified atom stereocenters. The first-order valence-electron chi connectivity index (χ1n) is 6.01. The van der Waals surface area contributed by atoms with Gasteiger partial charge in [-0.05, 0) is 31.6 Å². The molecule has 18 heavy (non-hydrogen) atoms. The van der Waals surface area contributed by atoms with Crippen LogP contribution in [0.4, 0.5) is 0 Å². The molecular weight excluding hydrogens is 234 g/mol. The average molecular weight is 253 g/mol. The van der Waals surface area contributed by atoms with Gasteiger partial charge in [0.1, 0.15) is 12.2 Å². The fourth-order valence-electron chi connectivity index (χ4n) is 1.59. The topological polar surface area (TPSA) is 83.4 Å². The third-order valence-corrected chi connectivity index (χ3v) is 2.43. The summed E-state index contributed by atoms with van der Waals surface area (Å²) in [7, 11) is 0. The van der Waals surface area contributed by atoms with Crippen LogP contribution in [-0.2, 0) is 11.3 Å². The van der Waals surface area contributed by atoms with Crippen molar-refractivity contribution in [3.63, 3.8) is 0 Å². The lowest BCUT2D eigenvalue weighted by Gasteiger charge is -2.08. The zero-order valence-electron chi connectivity index (χ0n) is 10.5. The molecule has 1 amide bonds. The number of carboxylic acid groups (broad SMARTS) is 1. The Hall–Kier alpha value is -1.82. The first-order chi connectivity index (χ1) is 8.65. The zero-order valence-corrected chi connectivity index (χ0v) is 10.5. The minimum absolute atomic E-state index is 0.201. The van der Waals surface area contributed by atoms with Crippen molar-refractivity contribution in [1.82, 2.24) is 15.2 Å². The van der Waals surface area contributed by atoms with Gasteiger partial charge in [-0.25, -0.2) is 0 Å². The molecule has 6 nitrogen and oxygen atoms in total. The summed E-state index contributed by atoms with van der Waals surface area (Å²) >= 11 is 0. The molecule has 0 aliphatic heterocycles. The highest BCUT2D eigenvalue weighted by atomic mass is 16.4. The van der Waals surface area contributed by atoms with E-state index in [4.69, 9.17) is 5.11 Å². The fraction of sp³-hybridized carbons (Fsp3) is 0.500. The highest BCUT2D eigenvalue weighted by Gasteiger charge is 2.11. The van der Waals surface area contributed by atoms with Crippen LogP contribution in [0.3, 0.4) is 0 Å². The van der Waals surface area contributed by atoms with Gasteiger partial charge in [0.25, 0.3) is 5.91 Å². The van der Waals surface area contributed by atoms with Gasteiger partial charge in [-0.2, -0.15) is 0 Å². The summed E-state index contributed by atoms with van der Waals surface area (Å²) in [6.45, 7) is 4.16. The van der Waals surface area contributed by atoms with Crippen molar-refractivity contribution in [3.05, 3.63) is 24.0 Å². The second-order valence-electron chi connectivity index (χ2n) is 3.88. The SMILES string of the molecule is CCNCCCNC(=O)c1cccn1CC(=O)O. The normalized spacial score (nSPS) is 10.3.